The third kappa shape index (κ3) is 5.21. The molecule has 7 nitrogen and oxygen atoms in total. The summed E-state index contributed by atoms with van der Waals surface area (Å²) in [6, 6.07) is 6.80. The van der Waals surface area contributed by atoms with Crippen LogP contribution in [0.4, 0.5) is 5.69 Å². The Morgan fingerprint density at radius 3 is 2.63 bits per heavy atom. The van der Waals surface area contributed by atoms with E-state index in [2.05, 4.69) is 16.5 Å². The second-order valence-corrected chi connectivity index (χ2v) is 9.43. The molecule has 1 unspecified atom stereocenters. The van der Waals surface area contributed by atoms with Crippen molar-refractivity contribution < 1.29 is 19.4 Å². The molecular formula is C19H31N3O4S. The van der Waals surface area contributed by atoms with E-state index in [0.717, 1.165) is 39.3 Å². The Bertz CT molecular complexity index is 751. The molecule has 2 saturated heterocycles. The molecule has 0 aliphatic carbocycles. The van der Waals surface area contributed by atoms with Gasteiger partial charge in [-0.3, -0.25) is 14.4 Å². The predicted octanol–water partition coefficient (Wildman–Crippen LogP) is 1.88. The Hall–Kier alpha value is -1.64. The van der Waals surface area contributed by atoms with Crippen molar-refractivity contribution in [2.75, 3.05) is 49.9 Å². The average molecular weight is 398 g/mol. The topological polar surface area (TPSA) is 79.0 Å². The van der Waals surface area contributed by atoms with Gasteiger partial charge in [0.15, 0.2) is 0 Å². The van der Waals surface area contributed by atoms with Crippen molar-refractivity contribution in [1.82, 2.24) is 9.80 Å². The van der Waals surface area contributed by atoms with Crippen molar-refractivity contribution in [2.24, 2.45) is 5.92 Å². The number of hydrogen-bond acceptors (Lipinski definition) is 5. The maximum Gasteiger partial charge on any atom is 0.254 e. The number of rotatable bonds is 6. The summed E-state index contributed by atoms with van der Waals surface area (Å²) in [4.78, 5) is 17.2. The van der Waals surface area contributed by atoms with Gasteiger partial charge in [-0.25, -0.2) is 8.42 Å². The summed E-state index contributed by atoms with van der Waals surface area (Å²) in [5.74, 6) is 0.623. The summed E-state index contributed by atoms with van der Waals surface area (Å²) in [6.07, 6.45) is 1.13. The molecule has 2 fully saturated rings. The van der Waals surface area contributed by atoms with Crippen LogP contribution in [0.3, 0.4) is 0 Å². The number of sulfonamides is 1. The number of anilines is 1. The minimum atomic E-state index is -3.31. The molecule has 1 N–H and O–H groups in total. The molecular weight excluding hydrogens is 366 g/mol. The molecule has 2 heterocycles. The number of carbonyl (C=O) groups excluding carboxylic acids is 1. The fourth-order valence-corrected chi connectivity index (χ4v) is 4.33. The number of piperazine rings is 1. The minimum Gasteiger partial charge on any atom is -0.381 e. The second kappa shape index (κ2) is 8.58. The Labute approximate surface area is 163 Å². The molecule has 8 heteroatoms. The summed E-state index contributed by atoms with van der Waals surface area (Å²) in [5, 5.41) is 0. The zero-order valence-corrected chi connectivity index (χ0v) is 16.9. The quantitative estimate of drug-likeness (QED) is 0.793. The fourth-order valence-electron chi connectivity index (χ4n) is 3.69. The van der Waals surface area contributed by atoms with Crippen LogP contribution in [0.15, 0.2) is 24.3 Å². The molecule has 152 valence electrons. The van der Waals surface area contributed by atoms with Crippen molar-refractivity contribution >= 4 is 21.6 Å². The third-order valence-corrected chi connectivity index (χ3v) is 6.60. The molecule has 3 rings (SSSR count). The molecule has 2 atom stereocenters. The zero-order valence-electron chi connectivity index (χ0n) is 16.1. The highest BCUT2D eigenvalue weighted by molar-refractivity contribution is 7.92. The van der Waals surface area contributed by atoms with E-state index in [0.29, 0.717) is 23.7 Å². The van der Waals surface area contributed by atoms with Gasteiger partial charge in [-0.05, 0) is 50.5 Å². The summed E-state index contributed by atoms with van der Waals surface area (Å²) >= 11 is 0. The van der Waals surface area contributed by atoms with E-state index < -0.39 is 10.0 Å². The predicted molar refractivity (Wildman–Crippen MR) is 108 cm³/mol. The van der Waals surface area contributed by atoms with Gasteiger partial charge in [-0.2, -0.15) is 0 Å². The molecule has 2 aliphatic rings. The zero-order chi connectivity index (χ0) is 19.4. The van der Waals surface area contributed by atoms with Crippen LogP contribution >= 0.6 is 0 Å². The highest BCUT2D eigenvalue weighted by Gasteiger charge is 2.30. The van der Waals surface area contributed by atoms with Crippen molar-refractivity contribution in [3.05, 3.63) is 29.8 Å². The van der Waals surface area contributed by atoms with Crippen LogP contribution < -0.4 is 4.72 Å². The van der Waals surface area contributed by atoms with Gasteiger partial charge in [0, 0.05) is 51.5 Å². The summed E-state index contributed by atoms with van der Waals surface area (Å²) < 4.78 is 31.2. The van der Waals surface area contributed by atoms with Crippen molar-refractivity contribution in [3.63, 3.8) is 0 Å². The number of nitrogens with zero attached hydrogens (tertiary/aromatic N) is 2. The maximum atomic E-state index is 12.9. The highest BCUT2D eigenvalue weighted by Crippen LogP contribution is 2.19. The standard InChI is InChI=1S/C19H29N3O4S.H2/c1-3-27(24,25)20-18-6-4-17(5-7-18)19(23)22-10-9-21(12-15(22)2)13-16-8-11-26-14-16;/h4-7,15-16,20H,3,8-14H2,1-2H3;1H/t15-,16?;/m0./s1. The monoisotopic (exact) mass is 397 g/mol. The Kier molecular flexibility index (Phi) is 6.39. The van der Waals surface area contributed by atoms with Gasteiger partial charge in [0.2, 0.25) is 10.0 Å². The smallest absolute Gasteiger partial charge is 0.254 e. The number of nitrogens with one attached hydrogen (secondary N) is 1. The average Bonchev–Trinajstić information content (AvgIpc) is 3.15. The largest absolute Gasteiger partial charge is 0.381 e. The maximum absolute atomic E-state index is 12.9. The second-order valence-electron chi connectivity index (χ2n) is 7.42. The normalized spacial score (nSPS) is 24.1. The van der Waals surface area contributed by atoms with Gasteiger partial charge < -0.3 is 9.64 Å². The van der Waals surface area contributed by atoms with E-state index in [-0.39, 0.29) is 19.1 Å². The Morgan fingerprint density at radius 1 is 1.30 bits per heavy atom. The molecule has 0 saturated carbocycles. The van der Waals surface area contributed by atoms with E-state index in [9.17, 15) is 13.2 Å². The lowest BCUT2D eigenvalue weighted by atomic mass is 10.1. The first kappa shape index (κ1) is 20.1. The van der Waals surface area contributed by atoms with Gasteiger partial charge in [-0.1, -0.05) is 0 Å². The van der Waals surface area contributed by atoms with E-state index in [4.69, 9.17) is 4.74 Å². The van der Waals surface area contributed by atoms with Gasteiger partial charge in [0.25, 0.3) is 5.91 Å². The summed E-state index contributed by atoms with van der Waals surface area (Å²) in [7, 11) is -3.31. The number of hydrogen-bond donors (Lipinski definition) is 1. The van der Waals surface area contributed by atoms with Crippen LogP contribution in [0.25, 0.3) is 0 Å². The van der Waals surface area contributed by atoms with Crippen LogP contribution in [0, 0.1) is 5.92 Å². The van der Waals surface area contributed by atoms with Crippen LogP contribution in [-0.2, 0) is 14.8 Å². The molecule has 1 amide bonds. The van der Waals surface area contributed by atoms with Gasteiger partial charge in [0.1, 0.15) is 0 Å². The van der Waals surface area contributed by atoms with Gasteiger partial charge in [-0.15, -0.1) is 0 Å². The third-order valence-electron chi connectivity index (χ3n) is 5.30. The summed E-state index contributed by atoms with van der Waals surface area (Å²) in [6.45, 7) is 8.87. The fraction of sp³-hybridized carbons (Fsp3) is 0.632. The van der Waals surface area contributed by atoms with Crippen LogP contribution in [-0.4, -0.2) is 75.3 Å². The number of carbonyl (C=O) groups is 1. The van der Waals surface area contributed by atoms with Crippen LogP contribution in [0.2, 0.25) is 0 Å². The lowest BCUT2D eigenvalue weighted by Gasteiger charge is -2.40. The first-order valence-electron chi connectivity index (χ1n) is 9.59. The molecule has 1 aromatic carbocycles. The van der Waals surface area contributed by atoms with Gasteiger partial charge in [0.05, 0.1) is 12.4 Å². The van der Waals surface area contributed by atoms with Crippen LogP contribution in [0.5, 0.6) is 0 Å². The summed E-state index contributed by atoms with van der Waals surface area (Å²) in [5.41, 5.74) is 1.06. The number of ether oxygens (including phenoxy) is 1. The van der Waals surface area contributed by atoms with Crippen molar-refractivity contribution in [1.29, 1.82) is 0 Å². The molecule has 1 aromatic rings. The number of benzene rings is 1. The van der Waals surface area contributed by atoms with Gasteiger partial charge >= 0.3 is 0 Å². The Balaban J connectivity index is 0.00000280. The van der Waals surface area contributed by atoms with E-state index in [1.807, 2.05) is 4.90 Å². The van der Waals surface area contributed by atoms with Crippen LogP contribution in [0.1, 0.15) is 32.1 Å². The molecule has 0 radical (unpaired) electrons. The first-order chi connectivity index (χ1) is 12.9. The van der Waals surface area contributed by atoms with E-state index in [1.54, 1.807) is 31.2 Å². The molecule has 2 aliphatic heterocycles. The van der Waals surface area contributed by atoms with Crippen molar-refractivity contribution in [3.8, 4) is 0 Å². The first-order valence-corrected chi connectivity index (χ1v) is 11.2. The molecule has 0 bridgehead atoms. The Morgan fingerprint density at radius 2 is 2.04 bits per heavy atom. The SMILES string of the molecule is CCS(=O)(=O)Nc1ccc(C(=O)N2CCN(CC3CCOC3)C[C@@H]2C)cc1.[HH]. The highest BCUT2D eigenvalue weighted by atomic mass is 32.2. The lowest BCUT2D eigenvalue weighted by Crippen LogP contribution is -2.54. The lowest BCUT2D eigenvalue weighted by molar-refractivity contribution is 0.0452. The van der Waals surface area contributed by atoms with E-state index in [1.165, 1.54) is 0 Å². The minimum absolute atomic E-state index is 0. The van der Waals surface area contributed by atoms with E-state index >= 15 is 0 Å². The molecule has 27 heavy (non-hydrogen) atoms. The molecule has 0 aromatic heterocycles. The number of amides is 1. The molecule has 0 spiro atoms. The van der Waals surface area contributed by atoms with Crippen molar-refractivity contribution in [2.45, 2.75) is 26.3 Å².